The molecule has 1 saturated heterocycles. The minimum Gasteiger partial charge on any atom is -0.303 e. The van der Waals surface area contributed by atoms with Gasteiger partial charge >= 0.3 is 0 Å². The van der Waals surface area contributed by atoms with Crippen molar-refractivity contribution in [2.45, 2.75) is 77.0 Å². The highest BCUT2D eigenvalue weighted by atomic mass is 16.1. The summed E-state index contributed by atoms with van der Waals surface area (Å²) in [6.45, 7) is 3.54. The molecule has 2 heteroatoms. The number of carbonyl (C=O) groups is 1. The Morgan fingerprint density at radius 1 is 0.750 bits per heavy atom. The standard InChI is InChI=1S/C18H31NO/c20-16-18(9-5-2-6-10-18)15-19-13-11-17(12-14-19)7-3-1-4-8-17/h16H,1-15H2. The number of carbonyl (C=O) groups excluding carboxylic acids is 1. The van der Waals surface area contributed by atoms with Crippen molar-refractivity contribution in [3.8, 4) is 0 Å². The van der Waals surface area contributed by atoms with Crippen LogP contribution in [0.2, 0.25) is 0 Å². The van der Waals surface area contributed by atoms with Crippen molar-refractivity contribution in [3.63, 3.8) is 0 Å². The maximum Gasteiger partial charge on any atom is 0.127 e. The van der Waals surface area contributed by atoms with Gasteiger partial charge in [0.15, 0.2) is 0 Å². The van der Waals surface area contributed by atoms with Crippen LogP contribution in [0.4, 0.5) is 0 Å². The number of hydrogen-bond acceptors (Lipinski definition) is 2. The fraction of sp³-hybridized carbons (Fsp3) is 0.944. The highest BCUT2D eigenvalue weighted by Crippen LogP contribution is 2.45. The van der Waals surface area contributed by atoms with E-state index in [-0.39, 0.29) is 5.41 Å². The Labute approximate surface area is 124 Å². The van der Waals surface area contributed by atoms with Crippen LogP contribution in [0.25, 0.3) is 0 Å². The van der Waals surface area contributed by atoms with Crippen molar-refractivity contribution in [1.29, 1.82) is 0 Å². The third-order valence-corrected chi connectivity index (χ3v) is 6.47. The largest absolute Gasteiger partial charge is 0.303 e. The summed E-state index contributed by atoms with van der Waals surface area (Å²) in [5, 5.41) is 0. The van der Waals surface area contributed by atoms with Gasteiger partial charge in [0.05, 0.1) is 0 Å². The molecule has 0 aromatic rings. The monoisotopic (exact) mass is 277 g/mol. The van der Waals surface area contributed by atoms with Crippen molar-refractivity contribution in [1.82, 2.24) is 4.90 Å². The zero-order valence-electron chi connectivity index (χ0n) is 13.0. The molecule has 0 unspecified atom stereocenters. The summed E-state index contributed by atoms with van der Waals surface area (Å²) in [7, 11) is 0. The second-order valence-corrected chi connectivity index (χ2v) is 7.88. The molecule has 0 bridgehead atoms. The normalized spacial score (nSPS) is 30.2. The minimum absolute atomic E-state index is 0.00924. The minimum atomic E-state index is 0.00924. The lowest BCUT2D eigenvalue weighted by Gasteiger charge is -2.46. The molecule has 3 rings (SSSR count). The van der Waals surface area contributed by atoms with Crippen LogP contribution in [0.5, 0.6) is 0 Å². The molecule has 0 N–H and O–H groups in total. The second-order valence-electron chi connectivity index (χ2n) is 7.88. The zero-order valence-corrected chi connectivity index (χ0v) is 13.0. The van der Waals surface area contributed by atoms with E-state index < -0.39 is 0 Å². The van der Waals surface area contributed by atoms with Gasteiger partial charge in [0.2, 0.25) is 0 Å². The lowest BCUT2D eigenvalue weighted by Crippen LogP contribution is -2.47. The van der Waals surface area contributed by atoms with E-state index in [9.17, 15) is 4.79 Å². The summed E-state index contributed by atoms with van der Waals surface area (Å²) >= 11 is 0. The maximum absolute atomic E-state index is 11.6. The lowest BCUT2D eigenvalue weighted by atomic mass is 9.67. The zero-order chi connectivity index (χ0) is 13.9. The van der Waals surface area contributed by atoms with Crippen molar-refractivity contribution in [2.24, 2.45) is 10.8 Å². The van der Waals surface area contributed by atoms with Gasteiger partial charge in [0, 0.05) is 12.0 Å². The van der Waals surface area contributed by atoms with Gasteiger partial charge in [-0.1, -0.05) is 38.5 Å². The predicted octanol–water partition coefficient (Wildman–Crippen LogP) is 4.18. The first-order chi connectivity index (χ1) is 9.76. The molecule has 1 spiro atoms. The molecule has 20 heavy (non-hydrogen) atoms. The summed E-state index contributed by atoms with van der Waals surface area (Å²) < 4.78 is 0. The molecule has 0 radical (unpaired) electrons. The van der Waals surface area contributed by atoms with E-state index in [0.29, 0.717) is 5.41 Å². The molecule has 2 saturated carbocycles. The number of rotatable bonds is 3. The molecule has 1 aliphatic heterocycles. The molecule has 114 valence electrons. The Morgan fingerprint density at radius 3 is 1.85 bits per heavy atom. The predicted molar refractivity (Wildman–Crippen MR) is 82.8 cm³/mol. The first kappa shape index (κ1) is 14.6. The lowest BCUT2D eigenvalue weighted by molar-refractivity contribution is -0.119. The number of likely N-dealkylation sites (tertiary alicyclic amines) is 1. The average molecular weight is 277 g/mol. The molecule has 3 fully saturated rings. The van der Waals surface area contributed by atoms with Crippen molar-refractivity contribution in [3.05, 3.63) is 0 Å². The van der Waals surface area contributed by atoms with Gasteiger partial charge in [0.1, 0.15) is 6.29 Å². The van der Waals surface area contributed by atoms with Crippen LogP contribution in [0.1, 0.15) is 77.0 Å². The SMILES string of the molecule is O=CC1(CN2CCC3(CCCCC3)CC2)CCCCC1. The topological polar surface area (TPSA) is 20.3 Å². The van der Waals surface area contributed by atoms with Crippen LogP contribution in [-0.2, 0) is 4.79 Å². The van der Waals surface area contributed by atoms with Gasteiger partial charge in [-0.15, -0.1) is 0 Å². The molecule has 0 atom stereocenters. The van der Waals surface area contributed by atoms with Gasteiger partial charge in [-0.05, 0) is 57.0 Å². The van der Waals surface area contributed by atoms with Crippen LogP contribution in [-0.4, -0.2) is 30.8 Å². The highest BCUT2D eigenvalue weighted by molar-refractivity contribution is 5.60. The second kappa shape index (κ2) is 6.17. The average Bonchev–Trinajstić information content (AvgIpc) is 2.52. The number of nitrogens with zero attached hydrogens (tertiary/aromatic N) is 1. The van der Waals surface area contributed by atoms with Crippen molar-refractivity contribution < 1.29 is 4.79 Å². The molecular weight excluding hydrogens is 246 g/mol. The van der Waals surface area contributed by atoms with Crippen LogP contribution in [0, 0.1) is 10.8 Å². The summed E-state index contributed by atoms with van der Waals surface area (Å²) in [4.78, 5) is 14.2. The molecule has 0 aromatic carbocycles. The van der Waals surface area contributed by atoms with E-state index in [2.05, 4.69) is 4.90 Å². The Kier molecular flexibility index (Phi) is 4.49. The molecular formula is C18H31NO. The fourth-order valence-electron chi connectivity index (χ4n) is 5.00. The Hall–Kier alpha value is -0.370. The molecule has 0 aromatic heterocycles. The van der Waals surface area contributed by atoms with Crippen molar-refractivity contribution >= 4 is 6.29 Å². The summed E-state index contributed by atoms with van der Waals surface area (Å²) in [5.74, 6) is 0. The first-order valence-corrected chi connectivity index (χ1v) is 8.95. The van der Waals surface area contributed by atoms with Crippen LogP contribution in [0.3, 0.4) is 0 Å². The molecule has 2 aliphatic carbocycles. The third-order valence-electron chi connectivity index (χ3n) is 6.47. The number of hydrogen-bond donors (Lipinski definition) is 0. The molecule has 3 aliphatic rings. The maximum atomic E-state index is 11.6. The molecule has 0 amide bonds. The third kappa shape index (κ3) is 3.10. The van der Waals surface area contributed by atoms with E-state index in [0.717, 1.165) is 19.4 Å². The number of piperidine rings is 1. The highest BCUT2D eigenvalue weighted by Gasteiger charge is 2.39. The summed E-state index contributed by atoms with van der Waals surface area (Å²) in [6.07, 6.45) is 17.5. The van der Waals surface area contributed by atoms with E-state index in [1.807, 2.05) is 0 Å². The Morgan fingerprint density at radius 2 is 1.30 bits per heavy atom. The van der Waals surface area contributed by atoms with Gasteiger partial charge in [-0.25, -0.2) is 0 Å². The van der Waals surface area contributed by atoms with Gasteiger partial charge < -0.3 is 9.69 Å². The molecule has 2 nitrogen and oxygen atoms in total. The van der Waals surface area contributed by atoms with Crippen LogP contribution in [0.15, 0.2) is 0 Å². The number of aldehydes is 1. The van der Waals surface area contributed by atoms with Crippen molar-refractivity contribution in [2.75, 3.05) is 19.6 Å². The van der Waals surface area contributed by atoms with E-state index in [1.54, 1.807) is 0 Å². The van der Waals surface area contributed by atoms with Gasteiger partial charge in [0.25, 0.3) is 0 Å². The van der Waals surface area contributed by atoms with E-state index in [4.69, 9.17) is 0 Å². The van der Waals surface area contributed by atoms with Gasteiger partial charge in [-0.3, -0.25) is 0 Å². The first-order valence-electron chi connectivity index (χ1n) is 8.95. The smallest absolute Gasteiger partial charge is 0.127 e. The van der Waals surface area contributed by atoms with E-state index in [1.165, 1.54) is 83.6 Å². The fourth-order valence-corrected chi connectivity index (χ4v) is 5.00. The molecule has 1 heterocycles. The Balaban J connectivity index is 1.53. The van der Waals surface area contributed by atoms with E-state index >= 15 is 0 Å². The van der Waals surface area contributed by atoms with Gasteiger partial charge in [-0.2, -0.15) is 0 Å². The van der Waals surface area contributed by atoms with Crippen LogP contribution >= 0.6 is 0 Å². The summed E-state index contributed by atoms with van der Waals surface area (Å²) in [5.41, 5.74) is 0.699. The van der Waals surface area contributed by atoms with Crippen LogP contribution < -0.4 is 0 Å². The summed E-state index contributed by atoms with van der Waals surface area (Å²) in [6, 6.07) is 0. The Bertz CT molecular complexity index is 316. The quantitative estimate of drug-likeness (QED) is 0.721.